The first-order valence-corrected chi connectivity index (χ1v) is 7.67. The molecule has 1 N–H and O–H groups in total. The normalized spacial score (nSPS) is 16.8. The van der Waals surface area contributed by atoms with Crippen molar-refractivity contribution in [2.75, 3.05) is 13.1 Å². The molecule has 0 aliphatic carbocycles. The van der Waals surface area contributed by atoms with Crippen LogP contribution in [0, 0.1) is 5.82 Å². The molecule has 3 rings (SSSR count). The van der Waals surface area contributed by atoms with E-state index in [4.69, 9.17) is 11.6 Å². The number of rotatable bonds is 3. The van der Waals surface area contributed by atoms with E-state index in [0.29, 0.717) is 6.42 Å². The van der Waals surface area contributed by atoms with Crippen LogP contribution in [0.3, 0.4) is 0 Å². The molecule has 1 saturated heterocycles. The maximum atomic E-state index is 14.1. The zero-order valence-electron chi connectivity index (χ0n) is 10.8. The summed E-state index contributed by atoms with van der Waals surface area (Å²) in [5, 5.41) is 4.02. The molecule has 0 radical (unpaired) electrons. The summed E-state index contributed by atoms with van der Waals surface area (Å²) in [6.07, 6.45) is 0.680. The molecule has 0 spiro atoms. The summed E-state index contributed by atoms with van der Waals surface area (Å²) in [6, 6.07) is 13.1. The van der Waals surface area contributed by atoms with Crippen molar-refractivity contribution in [2.45, 2.75) is 11.8 Å². The third-order valence-corrected chi connectivity index (χ3v) is 4.64. The monoisotopic (exact) mass is 353 g/mol. The predicted octanol–water partition coefficient (Wildman–Crippen LogP) is 4.33. The highest BCUT2D eigenvalue weighted by atomic mass is 79.9. The lowest BCUT2D eigenvalue weighted by molar-refractivity contribution is 0.272. The molecular weight excluding hydrogens is 341 g/mol. The fourth-order valence-electron chi connectivity index (χ4n) is 2.71. The molecule has 0 saturated carbocycles. The van der Waals surface area contributed by atoms with Gasteiger partial charge in [-0.05, 0) is 41.8 Å². The van der Waals surface area contributed by atoms with Crippen LogP contribution in [0.4, 0.5) is 4.39 Å². The van der Waals surface area contributed by atoms with Gasteiger partial charge in [-0.15, -0.1) is 0 Å². The van der Waals surface area contributed by atoms with Gasteiger partial charge >= 0.3 is 0 Å². The Balaban J connectivity index is 1.94. The van der Waals surface area contributed by atoms with E-state index in [1.54, 1.807) is 0 Å². The Morgan fingerprint density at radius 1 is 1.20 bits per heavy atom. The van der Waals surface area contributed by atoms with Gasteiger partial charge in [-0.2, -0.15) is 0 Å². The van der Waals surface area contributed by atoms with Crippen molar-refractivity contribution in [3.05, 3.63) is 68.9 Å². The van der Waals surface area contributed by atoms with Gasteiger partial charge in [0.25, 0.3) is 0 Å². The van der Waals surface area contributed by atoms with E-state index in [-0.39, 0.29) is 11.2 Å². The summed E-state index contributed by atoms with van der Waals surface area (Å²) in [5.74, 6) is -0.160. The molecule has 1 heterocycles. The minimum atomic E-state index is -0.160. The summed E-state index contributed by atoms with van der Waals surface area (Å²) in [6.45, 7) is 1.70. The number of hydrogen-bond donors (Lipinski definition) is 1. The fourth-order valence-corrected chi connectivity index (χ4v) is 3.23. The second-order valence-electron chi connectivity index (χ2n) is 5.31. The summed E-state index contributed by atoms with van der Waals surface area (Å²) in [5.41, 5.74) is 1.86. The van der Waals surface area contributed by atoms with Gasteiger partial charge in [0.05, 0.1) is 0 Å². The minimum Gasteiger partial charge on any atom is -0.315 e. The van der Waals surface area contributed by atoms with Crippen LogP contribution >= 0.6 is 27.5 Å². The van der Waals surface area contributed by atoms with Crippen molar-refractivity contribution in [1.82, 2.24) is 5.32 Å². The van der Waals surface area contributed by atoms with Crippen LogP contribution in [0.25, 0.3) is 0 Å². The SMILES string of the molecule is Fc1cc(Br)ccc1CC1(c2cccc(Cl)c2)CNC1. The summed E-state index contributed by atoms with van der Waals surface area (Å²) >= 11 is 9.38. The lowest BCUT2D eigenvalue weighted by Gasteiger charge is -2.43. The molecule has 0 aromatic heterocycles. The van der Waals surface area contributed by atoms with Crippen LogP contribution in [-0.2, 0) is 11.8 Å². The van der Waals surface area contributed by atoms with Gasteiger partial charge in [0, 0.05) is 28.0 Å². The summed E-state index contributed by atoms with van der Waals surface area (Å²) in [7, 11) is 0. The molecule has 0 atom stereocenters. The molecule has 2 aromatic rings. The Hall–Kier alpha value is -0.900. The van der Waals surface area contributed by atoms with E-state index >= 15 is 0 Å². The maximum Gasteiger partial charge on any atom is 0.127 e. The van der Waals surface area contributed by atoms with E-state index in [1.165, 1.54) is 11.6 Å². The van der Waals surface area contributed by atoms with Crippen LogP contribution in [0.2, 0.25) is 5.02 Å². The zero-order valence-corrected chi connectivity index (χ0v) is 13.1. The highest BCUT2D eigenvalue weighted by Crippen LogP contribution is 2.34. The first-order valence-electron chi connectivity index (χ1n) is 6.50. The minimum absolute atomic E-state index is 0.0560. The van der Waals surface area contributed by atoms with Crippen molar-refractivity contribution in [3.63, 3.8) is 0 Å². The molecule has 0 amide bonds. The first-order chi connectivity index (χ1) is 9.59. The van der Waals surface area contributed by atoms with Gasteiger partial charge in [-0.1, -0.05) is 45.7 Å². The molecule has 1 aliphatic heterocycles. The molecule has 0 unspecified atom stereocenters. The average Bonchev–Trinajstić information content (AvgIpc) is 2.36. The Morgan fingerprint density at radius 3 is 2.60 bits per heavy atom. The molecule has 20 heavy (non-hydrogen) atoms. The van der Waals surface area contributed by atoms with Gasteiger partial charge in [-0.3, -0.25) is 0 Å². The van der Waals surface area contributed by atoms with E-state index < -0.39 is 0 Å². The molecule has 0 bridgehead atoms. The van der Waals surface area contributed by atoms with Gasteiger partial charge in [0.1, 0.15) is 5.82 Å². The second-order valence-corrected chi connectivity index (χ2v) is 6.66. The summed E-state index contributed by atoms with van der Waals surface area (Å²) in [4.78, 5) is 0. The number of halogens is 3. The lowest BCUT2D eigenvalue weighted by Crippen LogP contribution is -2.58. The zero-order chi connectivity index (χ0) is 14.2. The topological polar surface area (TPSA) is 12.0 Å². The number of benzene rings is 2. The van der Waals surface area contributed by atoms with E-state index in [2.05, 4.69) is 27.3 Å². The highest BCUT2D eigenvalue weighted by Gasteiger charge is 2.39. The third-order valence-electron chi connectivity index (χ3n) is 3.91. The molecular formula is C16H14BrClFN. The Morgan fingerprint density at radius 2 is 2.00 bits per heavy atom. The van der Waals surface area contributed by atoms with E-state index in [0.717, 1.165) is 28.1 Å². The van der Waals surface area contributed by atoms with Gasteiger partial charge in [-0.25, -0.2) is 4.39 Å². The Kier molecular flexibility index (Phi) is 3.85. The smallest absolute Gasteiger partial charge is 0.127 e. The van der Waals surface area contributed by atoms with Gasteiger partial charge in [0.15, 0.2) is 0 Å². The fraction of sp³-hybridized carbons (Fsp3) is 0.250. The molecule has 1 nitrogen and oxygen atoms in total. The maximum absolute atomic E-state index is 14.1. The standard InChI is InChI=1S/C16H14BrClFN/c17-13-5-4-11(15(19)7-13)8-16(9-20-10-16)12-2-1-3-14(18)6-12/h1-7,20H,8-10H2. The van der Waals surface area contributed by atoms with Crippen molar-refractivity contribution in [3.8, 4) is 0 Å². The molecule has 4 heteroatoms. The van der Waals surface area contributed by atoms with E-state index in [1.807, 2.05) is 30.3 Å². The van der Waals surface area contributed by atoms with Crippen molar-refractivity contribution in [2.24, 2.45) is 0 Å². The van der Waals surface area contributed by atoms with Gasteiger partial charge < -0.3 is 5.32 Å². The number of hydrogen-bond acceptors (Lipinski definition) is 1. The molecule has 2 aromatic carbocycles. The van der Waals surface area contributed by atoms with Crippen molar-refractivity contribution < 1.29 is 4.39 Å². The van der Waals surface area contributed by atoms with Crippen LogP contribution in [0.1, 0.15) is 11.1 Å². The van der Waals surface area contributed by atoms with Crippen molar-refractivity contribution in [1.29, 1.82) is 0 Å². The van der Waals surface area contributed by atoms with Crippen LogP contribution in [-0.4, -0.2) is 13.1 Å². The van der Waals surface area contributed by atoms with Crippen LogP contribution in [0.5, 0.6) is 0 Å². The first kappa shape index (κ1) is 14.1. The quantitative estimate of drug-likeness (QED) is 0.865. The lowest BCUT2D eigenvalue weighted by atomic mass is 9.71. The number of nitrogens with one attached hydrogen (secondary N) is 1. The van der Waals surface area contributed by atoms with Crippen molar-refractivity contribution >= 4 is 27.5 Å². The summed E-state index contributed by atoms with van der Waals surface area (Å²) < 4.78 is 14.8. The largest absolute Gasteiger partial charge is 0.315 e. The molecule has 1 fully saturated rings. The van der Waals surface area contributed by atoms with Gasteiger partial charge in [0.2, 0.25) is 0 Å². The molecule has 104 valence electrons. The predicted molar refractivity (Wildman–Crippen MR) is 83.8 cm³/mol. The van der Waals surface area contributed by atoms with Crippen LogP contribution in [0.15, 0.2) is 46.9 Å². The average molecular weight is 355 g/mol. The molecule has 1 aliphatic rings. The Labute approximate surface area is 131 Å². The van der Waals surface area contributed by atoms with E-state index in [9.17, 15) is 4.39 Å². The Bertz CT molecular complexity index is 640. The highest BCUT2D eigenvalue weighted by molar-refractivity contribution is 9.10. The van der Waals surface area contributed by atoms with Crippen LogP contribution < -0.4 is 5.32 Å². The second kappa shape index (κ2) is 5.47. The third kappa shape index (κ3) is 2.62.